The van der Waals surface area contributed by atoms with E-state index in [4.69, 9.17) is 15.0 Å². The predicted molar refractivity (Wildman–Crippen MR) is 139 cm³/mol. The summed E-state index contributed by atoms with van der Waals surface area (Å²) in [5, 5.41) is 38.2. The van der Waals surface area contributed by atoms with Crippen LogP contribution in [0.25, 0.3) is 20.8 Å². The van der Waals surface area contributed by atoms with Gasteiger partial charge in [0.05, 0.1) is 34.3 Å². The third kappa shape index (κ3) is 4.30. The topological polar surface area (TPSA) is 136 Å². The van der Waals surface area contributed by atoms with Crippen LogP contribution >= 0.6 is 11.3 Å². The summed E-state index contributed by atoms with van der Waals surface area (Å²) in [7, 11) is 0. The van der Waals surface area contributed by atoms with E-state index in [1.165, 1.54) is 16.9 Å². The Morgan fingerprint density at radius 2 is 1.81 bits per heavy atom. The van der Waals surface area contributed by atoms with Crippen molar-refractivity contribution in [2.24, 2.45) is 5.92 Å². The fourth-order valence-electron chi connectivity index (χ4n) is 5.10. The van der Waals surface area contributed by atoms with E-state index < -0.39 is 24.2 Å². The lowest BCUT2D eigenvalue weighted by Crippen LogP contribution is -2.35. The Labute approximate surface area is 212 Å². The van der Waals surface area contributed by atoms with Gasteiger partial charge in [0.2, 0.25) is 5.95 Å². The zero-order valence-electron chi connectivity index (χ0n) is 19.7. The van der Waals surface area contributed by atoms with E-state index in [1.807, 2.05) is 19.1 Å². The molecule has 1 aromatic carbocycles. The van der Waals surface area contributed by atoms with Crippen molar-refractivity contribution in [3.8, 4) is 10.6 Å². The maximum atomic E-state index is 10.6. The molecule has 186 valence electrons. The monoisotopic (exact) mass is 504 g/mol. The van der Waals surface area contributed by atoms with Crippen molar-refractivity contribution in [1.82, 2.24) is 19.9 Å². The van der Waals surface area contributed by atoms with E-state index in [2.05, 4.69) is 39.9 Å². The molecule has 0 amide bonds. The summed E-state index contributed by atoms with van der Waals surface area (Å²) in [6.45, 7) is 1.74. The average Bonchev–Trinajstić information content (AvgIpc) is 3.43. The van der Waals surface area contributed by atoms with Crippen LogP contribution in [0.3, 0.4) is 0 Å². The Kier molecular flexibility index (Phi) is 6.04. The highest BCUT2D eigenvalue weighted by Crippen LogP contribution is 2.43. The highest BCUT2D eigenvalue weighted by atomic mass is 32.1. The van der Waals surface area contributed by atoms with Crippen LogP contribution in [0.15, 0.2) is 48.8 Å². The van der Waals surface area contributed by atoms with E-state index >= 15 is 0 Å². The molecular formula is C26H28N6O3S. The van der Waals surface area contributed by atoms with Gasteiger partial charge in [0.1, 0.15) is 22.4 Å². The molecule has 3 heterocycles. The standard InChI is InChI=1S/C26H28N6O3S/c1-13-21(25-30-19-11-27-8-7-20(19)36-25)24(29-18-9-15(12-33)22(34)23(18)35)32-26(28-13)31-17-10-16(17)14-5-3-2-4-6-14/h2-8,11,15-18,22-23,33-35H,9-10,12H2,1H3,(H2,28,29,31,32)/t15-,16?,17-,18-,22-,23+/m1/s1. The van der Waals surface area contributed by atoms with E-state index in [1.54, 1.807) is 12.4 Å². The smallest absolute Gasteiger partial charge is 0.225 e. The lowest BCUT2D eigenvalue weighted by atomic mass is 10.1. The molecule has 0 spiro atoms. The van der Waals surface area contributed by atoms with Gasteiger partial charge in [-0.25, -0.2) is 9.97 Å². The molecule has 3 aromatic heterocycles. The van der Waals surface area contributed by atoms with Gasteiger partial charge in [-0.1, -0.05) is 30.3 Å². The van der Waals surface area contributed by atoms with Crippen molar-refractivity contribution in [3.05, 3.63) is 60.0 Å². The maximum Gasteiger partial charge on any atom is 0.225 e. The van der Waals surface area contributed by atoms with Crippen LogP contribution in [0.2, 0.25) is 0 Å². The van der Waals surface area contributed by atoms with Gasteiger partial charge in [0, 0.05) is 30.7 Å². The molecule has 9 nitrogen and oxygen atoms in total. The number of thiazole rings is 1. The zero-order chi connectivity index (χ0) is 24.8. The second-order valence-corrected chi connectivity index (χ2v) is 10.7. The average molecular weight is 505 g/mol. The van der Waals surface area contributed by atoms with Crippen LogP contribution in [-0.4, -0.2) is 66.2 Å². The van der Waals surface area contributed by atoms with Crippen molar-refractivity contribution >= 4 is 33.3 Å². The molecule has 2 aliphatic carbocycles. The number of benzene rings is 1. The zero-order valence-corrected chi connectivity index (χ0v) is 20.6. The van der Waals surface area contributed by atoms with Gasteiger partial charge < -0.3 is 26.0 Å². The number of aryl methyl sites for hydroxylation is 1. The van der Waals surface area contributed by atoms with Crippen LogP contribution in [0.4, 0.5) is 11.8 Å². The number of nitrogens with zero attached hydrogens (tertiary/aromatic N) is 4. The minimum atomic E-state index is -1.02. The lowest BCUT2D eigenvalue weighted by molar-refractivity contribution is 0.00446. The highest BCUT2D eigenvalue weighted by Gasteiger charge is 2.42. The van der Waals surface area contributed by atoms with Crippen LogP contribution in [0, 0.1) is 12.8 Å². The second-order valence-electron chi connectivity index (χ2n) is 9.63. The molecule has 4 aromatic rings. The lowest BCUT2D eigenvalue weighted by Gasteiger charge is -2.21. The Balaban J connectivity index is 1.34. The Morgan fingerprint density at radius 1 is 0.972 bits per heavy atom. The largest absolute Gasteiger partial charge is 0.396 e. The van der Waals surface area contributed by atoms with Crippen molar-refractivity contribution in [2.75, 3.05) is 17.2 Å². The van der Waals surface area contributed by atoms with Gasteiger partial charge in [0.15, 0.2) is 0 Å². The van der Waals surface area contributed by atoms with Crippen LogP contribution < -0.4 is 10.6 Å². The van der Waals surface area contributed by atoms with Gasteiger partial charge in [-0.15, -0.1) is 11.3 Å². The number of aliphatic hydroxyl groups excluding tert-OH is 3. The molecule has 0 bridgehead atoms. The number of aromatic nitrogens is 4. The third-order valence-electron chi connectivity index (χ3n) is 7.18. The fourth-order valence-corrected chi connectivity index (χ4v) is 6.13. The van der Waals surface area contributed by atoms with Gasteiger partial charge in [-0.05, 0) is 31.4 Å². The Morgan fingerprint density at radius 3 is 2.56 bits per heavy atom. The molecule has 2 fully saturated rings. The minimum Gasteiger partial charge on any atom is -0.396 e. The summed E-state index contributed by atoms with van der Waals surface area (Å²) in [5.74, 6) is 1.08. The normalized spacial score (nSPS) is 27.3. The Bertz CT molecular complexity index is 1350. The molecule has 6 atom stereocenters. The van der Waals surface area contributed by atoms with Gasteiger partial charge in [0.25, 0.3) is 0 Å². The summed E-state index contributed by atoms with van der Waals surface area (Å²) in [4.78, 5) is 18.5. The molecule has 1 unspecified atom stereocenters. The summed E-state index contributed by atoms with van der Waals surface area (Å²) in [5.41, 5.74) is 3.60. The number of fused-ring (bicyclic) bond motifs is 1. The maximum absolute atomic E-state index is 10.6. The summed E-state index contributed by atoms with van der Waals surface area (Å²) in [6.07, 6.45) is 2.88. The van der Waals surface area contributed by atoms with E-state index in [0.717, 1.165) is 32.9 Å². The number of rotatable bonds is 7. The number of hydrogen-bond donors (Lipinski definition) is 5. The van der Waals surface area contributed by atoms with Crippen molar-refractivity contribution in [1.29, 1.82) is 0 Å². The van der Waals surface area contributed by atoms with Gasteiger partial charge >= 0.3 is 0 Å². The first-order chi connectivity index (χ1) is 17.5. The molecule has 0 radical (unpaired) electrons. The first kappa shape index (κ1) is 23.2. The fraction of sp³-hybridized carbons (Fsp3) is 0.385. The number of aliphatic hydroxyl groups is 3. The van der Waals surface area contributed by atoms with Crippen LogP contribution in [0.1, 0.15) is 30.0 Å². The molecule has 36 heavy (non-hydrogen) atoms. The molecule has 0 aliphatic heterocycles. The third-order valence-corrected chi connectivity index (χ3v) is 8.24. The highest BCUT2D eigenvalue weighted by molar-refractivity contribution is 7.21. The minimum absolute atomic E-state index is 0.188. The quantitative estimate of drug-likeness (QED) is 0.257. The molecular weight excluding hydrogens is 476 g/mol. The first-order valence-corrected chi connectivity index (χ1v) is 13.0. The molecule has 2 saturated carbocycles. The summed E-state index contributed by atoms with van der Waals surface area (Å²) < 4.78 is 1.01. The first-order valence-electron chi connectivity index (χ1n) is 12.2. The van der Waals surface area contributed by atoms with Crippen molar-refractivity contribution in [2.45, 2.75) is 50.0 Å². The summed E-state index contributed by atoms with van der Waals surface area (Å²) >= 11 is 1.53. The second kappa shape index (κ2) is 9.36. The molecule has 5 N–H and O–H groups in total. The molecule has 6 rings (SSSR count). The number of nitrogens with one attached hydrogen (secondary N) is 2. The molecule has 10 heteroatoms. The van der Waals surface area contributed by atoms with Crippen molar-refractivity contribution < 1.29 is 15.3 Å². The van der Waals surface area contributed by atoms with Crippen LogP contribution in [0.5, 0.6) is 0 Å². The van der Waals surface area contributed by atoms with Crippen LogP contribution in [-0.2, 0) is 0 Å². The van der Waals surface area contributed by atoms with Crippen molar-refractivity contribution in [3.63, 3.8) is 0 Å². The predicted octanol–water partition coefficient (Wildman–Crippen LogP) is 2.94. The Hall–Kier alpha value is -3.18. The van der Waals surface area contributed by atoms with Gasteiger partial charge in [-0.2, -0.15) is 4.98 Å². The van der Waals surface area contributed by atoms with E-state index in [0.29, 0.717) is 24.1 Å². The summed E-state index contributed by atoms with van der Waals surface area (Å²) in [6, 6.07) is 12.1. The van der Waals surface area contributed by atoms with Gasteiger partial charge in [-0.3, -0.25) is 4.98 Å². The molecule has 0 saturated heterocycles. The molecule has 2 aliphatic rings. The number of pyridine rings is 1. The number of hydrogen-bond acceptors (Lipinski definition) is 10. The number of anilines is 2. The SMILES string of the molecule is Cc1nc(N[C@@H]2CC2c2ccccc2)nc(N[C@@H]2C[C@H](CO)[C@@H](O)[C@H]2O)c1-c1nc2cnccc2s1. The van der Waals surface area contributed by atoms with E-state index in [9.17, 15) is 15.3 Å². The van der Waals surface area contributed by atoms with E-state index in [-0.39, 0.29) is 12.6 Å².